The zero-order chi connectivity index (χ0) is 11.3. The Balaban J connectivity index is 2.37. The van der Waals surface area contributed by atoms with Crippen molar-refractivity contribution in [2.45, 2.75) is 20.0 Å². The van der Waals surface area contributed by atoms with E-state index in [4.69, 9.17) is 22.1 Å². The number of nitrogens with two attached hydrogens (primary N) is 1. The molecule has 1 aromatic heterocycles. The molecule has 0 saturated heterocycles. The Morgan fingerprint density at radius 1 is 1.40 bits per heavy atom. The second kappa shape index (κ2) is 5.67. The molecule has 0 aliphatic heterocycles. The zero-order valence-electron chi connectivity index (χ0n) is 8.70. The van der Waals surface area contributed by atoms with Crippen LogP contribution in [0, 0.1) is 0 Å². The topological polar surface area (TPSA) is 86.0 Å². The molecule has 0 aromatic carbocycles. The second-order valence-corrected chi connectivity index (χ2v) is 3.47. The van der Waals surface area contributed by atoms with E-state index in [1.807, 2.05) is 13.8 Å². The molecule has 1 rings (SSSR count). The predicted octanol–water partition coefficient (Wildman–Crippen LogP) is 0.944. The first-order valence-electron chi connectivity index (χ1n) is 4.60. The Morgan fingerprint density at radius 3 is 2.73 bits per heavy atom. The van der Waals surface area contributed by atoms with Gasteiger partial charge in [-0.1, -0.05) is 0 Å². The average molecular weight is 232 g/mol. The molecule has 7 heteroatoms. The molecule has 0 amide bonds. The number of rotatable bonds is 5. The van der Waals surface area contributed by atoms with Crippen molar-refractivity contribution in [2.24, 2.45) is 0 Å². The Hall–Kier alpha value is -1.14. The van der Waals surface area contributed by atoms with E-state index in [9.17, 15) is 0 Å². The van der Waals surface area contributed by atoms with E-state index in [1.165, 1.54) is 0 Å². The number of hydrogen-bond donors (Lipinski definition) is 2. The standard InChI is InChI=1S/C8H14ClN5O/c1-5(2)15-4-3-11-8-13-6(9)12-7(10)14-8/h5H,3-4H2,1-2H3,(H3,10,11,12,13,14). The lowest BCUT2D eigenvalue weighted by molar-refractivity contribution is 0.0870. The Bertz CT molecular complexity index is 300. The van der Waals surface area contributed by atoms with Crippen LogP contribution in [0.5, 0.6) is 0 Å². The predicted molar refractivity (Wildman–Crippen MR) is 58.8 cm³/mol. The van der Waals surface area contributed by atoms with Crippen molar-refractivity contribution in [2.75, 3.05) is 24.2 Å². The summed E-state index contributed by atoms with van der Waals surface area (Å²) in [5.41, 5.74) is 5.39. The van der Waals surface area contributed by atoms with Gasteiger partial charge in [0.1, 0.15) is 0 Å². The van der Waals surface area contributed by atoms with Crippen molar-refractivity contribution in [3.8, 4) is 0 Å². The summed E-state index contributed by atoms with van der Waals surface area (Å²) in [5.74, 6) is 0.460. The van der Waals surface area contributed by atoms with E-state index >= 15 is 0 Å². The maximum atomic E-state index is 5.60. The van der Waals surface area contributed by atoms with Gasteiger partial charge in [-0.15, -0.1) is 0 Å². The van der Waals surface area contributed by atoms with Gasteiger partial charge in [0.15, 0.2) is 0 Å². The van der Waals surface area contributed by atoms with Crippen LogP contribution in [0.3, 0.4) is 0 Å². The van der Waals surface area contributed by atoms with Crippen LogP contribution < -0.4 is 11.1 Å². The number of nitrogens with zero attached hydrogens (tertiary/aromatic N) is 3. The van der Waals surface area contributed by atoms with E-state index < -0.39 is 0 Å². The van der Waals surface area contributed by atoms with Crippen LogP contribution in [0.15, 0.2) is 0 Å². The van der Waals surface area contributed by atoms with Gasteiger partial charge in [-0.25, -0.2) is 0 Å². The molecule has 0 fully saturated rings. The lowest BCUT2D eigenvalue weighted by Crippen LogP contribution is -2.15. The van der Waals surface area contributed by atoms with Gasteiger partial charge in [0.25, 0.3) is 0 Å². The fourth-order valence-corrected chi connectivity index (χ4v) is 1.07. The molecule has 3 N–H and O–H groups in total. The largest absolute Gasteiger partial charge is 0.377 e. The molecule has 0 bridgehead atoms. The molecule has 15 heavy (non-hydrogen) atoms. The smallest absolute Gasteiger partial charge is 0.228 e. The van der Waals surface area contributed by atoms with E-state index in [0.717, 1.165) is 0 Å². The minimum absolute atomic E-state index is 0.0785. The molecule has 0 aliphatic rings. The van der Waals surface area contributed by atoms with Crippen molar-refractivity contribution in [3.05, 3.63) is 5.28 Å². The molecule has 0 radical (unpaired) electrons. The summed E-state index contributed by atoms with van der Waals surface area (Å²) in [6, 6.07) is 0. The highest BCUT2D eigenvalue weighted by atomic mass is 35.5. The second-order valence-electron chi connectivity index (χ2n) is 3.13. The number of ether oxygens (including phenoxy) is 1. The Morgan fingerprint density at radius 2 is 2.13 bits per heavy atom. The number of halogens is 1. The quantitative estimate of drug-likeness (QED) is 0.734. The maximum absolute atomic E-state index is 5.60. The van der Waals surface area contributed by atoms with Gasteiger partial charge in [-0.3, -0.25) is 0 Å². The van der Waals surface area contributed by atoms with E-state index in [2.05, 4.69) is 20.3 Å². The van der Waals surface area contributed by atoms with Crippen molar-refractivity contribution in [1.82, 2.24) is 15.0 Å². The normalized spacial score (nSPS) is 10.7. The summed E-state index contributed by atoms with van der Waals surface area (Å²) in [6.07, 6.45) is 0.207. The molecule has 1 heterocycles. The summed E-state index contributed by atoms with van der Waals surface area (Å²) in [4.78, 5) is 11.3. The highest BCUT2D eigenvalue weighted by molar-refractivity contribution is 6.28. The van der Waals surface area contributed by atoms with Gasteiger partial charge in [0, 0.05) is 6.54 Å². The first-order chi connectivity index (χ1) is 7.08. The summed E-state index contributed by atoms with van der Waals surface area (Å²) in [6.45, 7) is 5.11. The van der Waals surface area contributed by atoms with Gasteiger partial charge in [0.05, 0.1) is 12.7 Å². The van der Waals surface area contributed by atoms with E-state index in [1.54, 1.807) is 0 Å². The maximum Gasteiger partial charge on any atom is 0.228 e. The van der Waals surface area contributed by atoms with Crippen molar-refractivity contribution >= 4 is 23.5 Å². The van der Waals surface area contributed by atoms with Gasteiger partial charge in [0.2, 0.25) is 17.2 Å². The summed E-state index contributed by atoms with van der Waals surface area (Å²) in [5, 5.41) is 3.01. The molecule has 6 nitrogen and oxygen atoms in total. The van der Waals surface area contributed by atoms with Crippen LogP contribution in [0.4, 0.5) is 11.9 Å². The van der Waals surface area contributed by atoms with Gasteiger partial charge < -0.3 is 15.8 Å². The molecule has 0 unspecified atom stereocenters. The van der Waals surface area contributed by atoms with Crippen LogP contribution in [-0.2, 0) is 4.74 Å². The molecule has 1 aromatic rings. The van der Waals surface area contributed by atoms with Gasteiger partial charge in [-0.05, 0) is 25.4 Å². The van der Waals surface area contributed by atoms with Gasteiger partial charge in [-0.2, -0.15) is 15.0 Å². The van der Waals surface area contributed by atoms with Crippen molar-refractivity contribution in [3.63, 3.8) is 0 Å². The Labute approximate surface area is 93.2 Å². The minimum Gasteiger partial charge on any atom is -0.377 e. The first-order valence-corrected chi connectivity index (χ1v) is 4.98. The fraction of sp³-hybridized carbons (Fsp3) is 0.625. The molecular formula is C8H14ClN5O. The Kier molecular flexibility index (Phi) is 4.51. The highest BCUT2D eigenvalue weighted by Gasteiger charge is 2.01. The summed E-state index contributed by atoms with van der Waals surface area (Å²) in [7, 11) is 0. The lowest BCUT2D eigenvalue weighted by Gasteiger charge is -2.08. The number of hydrogen-bond acceptors (Lipinski definition) is 6. The van der Waals surface area contributed by atoms with E-state index in [0.29, 0.717) is 19.1 Å². The number of nitrogen functional groups attached to an aromatic ring is 1. The van der Waals surface area contributed by atoms with Crippen LogP contribution in [-0.4, -0.2) is 34.2 Å². The number of aromatic nitrogens is 3. The van der Waals surface area contributed by atoms with Crippen LogP contribution in [0.2, 0.25) is 5.28 Å². The highest BCUT2D eigenvalue weighted by Crippen LogP contribution is 2.06. The first kappa shape index (κ1) is 11.9. The molecule has 84 valence electrons. The third-order valence-electron chi connectivity index (χ3n) is 1.46. The molecular weight excluding hydrogens is 218 g/mol. The van der Waals surface area contributed by atoms with Crippen LogP contribution >= 0.6 is 11.6 Å². The zero-order valence-corrected chi connectivity index (χ0v) is 9.45. The molecule has 0 saturated carbocycles. The third-order valence-corrected chi connectivity index (χ3v) is 1.63. The third kappa shape index (κ3) is 4.75. The number of anilines is 2. The molecule has 0 atom stereocenters. The van der Waals surface area contributed by atoms with Crippen molar-refractivity contribution < 1.29 is 4.74 Å². The van der Waals surface area contributed by atoms with Crippen LogP contribution in [0.1, 0.15) is 13.8 Å². The van der Waals surface area contributed by atoms with Gasteiger partial charge >= 0.3 is 0 Å². The minimum atomic E-state index is 0.0785. The molecule has 0 aliphatic carbocycles. The van der Waals surface area contributed by atoms with Crippen molar-refractivity contribution in [1.29, 1.82) is 0 Å². The summed E-state index contributed by atoms with van der Waals surface area (Å²) < 4.78 is 5.33. The summed E-state index contributed by atoms with van der Waals surface area (Å²) >= 11 is 5.60. The lowest BCUT2D eigenvalue weighted by atomic mass is 10.5. The monoisotopic (exact) mass is 231 g/mol. The fourth-order valence-electron chi connectivity index (χ4n) is 0.902. The van der Waals surface area contributed by atoms with E-state index in [-0.39, 0.29) is 17.3 Å². The average Bonchev–Trinajstić information content (AvgIpc) is 2.10. The SMILES string of the molecule is CC(C)OCCNc1nc(N)nc(Cl)n1. The number of nitrogens with one attached hydrogen (secondary N) is 1. The van der Waals surface area contributed by atoms with Crippen LogP contribution in [0.25, 0.3) is 0 Å². The molecule has 0 spiro atoms.